The zero-order valence-corrected chi connectivity index (χ0v) is 10.8. The van der Waals surface area contributed by atoms with Gasteiger partial charge < -0.3 is 5.32 Å². The van der Waals surface area contributed by atoms with Gasteiger partial charge in [-0.2, -0.15) is 0 Å². The van der Waals surface area contributed by atoms with Crippen molar-refractivity contribution in [2.24, 2.45) is 5.92 Å². The maximum Gasteiger partial charge on any atom is 0.147 e. The SMILES string of the molecule is CC(C)CCCNc1ccc(Br)cc1F. The van der Waals surface area contributed by atoms with Gasteiger partial charge in [-0.15, -0.1) is 0 Å². The third kappa shape index (κ3) is 4.65. The molecule has 3 heteroatoms. The molecule has 0 spiro atoms. The van der Waals surface area contributed by atoms with Gasteiger partial charge in [0.25, 0.3) is 0 Å². The molecule has 0 saturated carbocycles. The fraction of sp³-hybridized carbons (Fsp3) is 0.500. The third-order valence-electron chi connectivity index (χ3n) is 2.20. The highest BCUT2D eigenvalue weighted by Gasteiger charge is 2.01. The second-order valence-electron chi connectivity index (χ2n) is 4.09. The fourth-order valence-corrected chi connectivity index (χ4v) is 1.70. The summed E-state index contributed by atoms with van der Waals surface area (Å²) < 4.78 is 14.1. The van der Waals surface area contributed by atoms with Gasteiger partial charge in [-0.05, 0) is 37.0 Å². The molecule has 0 fully saturated rings. The minimum Gasteiger partial charge on any atom is -0.383 e. The van der Waals surface area contributed by atoms with E-state index < -0.39 is 0 Å². The predicted molar refractivity (Wildman–Crippen MR) is 66.7 cm³/mol. The van der Waals surface area contributed by atoms with Crippen LogP contribution < -0.4 is 5.32 Å². The molecular formula is C12H17BrFN. The Balaban J connectivity index is 2.37. The van der Waals surface area contributed by atoms with Crippen LogP contribution in [0.15, 0.2) is 22.7 Å². The van der Waals surface area contributed by atoms with E-state index in [2.05, 4.69) is 35.1 Å². The number of anilines is 1. The molecule has 1 aromatic carbocycles. The summed E-state index contributed by atoms with van der Waals surface area (Å²) in [4.78, 5) is 0. The molecule has 1 rings (SSSR count). The molecule has 0 aliphatic heterocycles. The van der Waals surface area contributed by atoms with Crippen LogP contribution in [0.5, 0.6) is 0 Å². The monoisotopic (exact) mass is 273 g/mol. The van der Waals surface area contributed by atoms with Crippen molar-refractivity contribution in [2.45, 2.75) is 26.7 Å². The number of benzene rings is 1. The molecule has 0 atom stereocenters. The summed E-state index contributed by atoms with van der Waals surface area (Å²) in [6, 6.07) is 5.08. The van der Waals surface area contributed by atoms with Crippen LogP contribution in [0.25, 0.3) is 0 Å². The van der Waals surface area contributed by atoms with E-state index in [9.17, 15) is 4.39 Å². The second-order valence-corrected chi connectivity index (χ2v) is 5.00. The summed E-state index contributed by atoms with van der Waals surface area (Å²) in [5.74, 6) is 0.510. The van der Waals surface area contributed by atoms with Crippen molar-refractivity contribution in [3.63, 3.8) is 0 Å². The van der Waals surface area contributed by atoms with Gasteiger partial charge in [0.2, 0.25) is 0 Å². The van der Waals surface area contributed by atoms with E-state index in [1.54, 1.807) is 6.07 Å². The van der Waals surface area contributed by atoms with Gasteiger partial charge in [0, 0.05) is 11.0 Å². The highest BCUT2D eigenvalue weighted by molar-refractivity contribution is 9.10. The fourth-order valence-electron chi connectivity index (χ4n) is 1.37. The Bertz CT molecular complexity index is 312. The number of halogens is 2. The van der Waals surface area contributed by atoms with Crippen molar-refractivity contribution < 1.29 is 4.39 Å². The van der Waals surface area contributed by atoms with E-state index in [1.807, 2.05) is 6.07 Å². The molecule has 0 amide bonds. The summed E-state index contributed by atoms with van der Waals surface area (Å²) >= 11 is 3.23. The minimum absolute atomic E-state index is 0.200. The molecule has 84 valence electrons. The molecular weight excluding hydrogens is 257 g/mol. The molecule has 15 heavy (non-hydrogen) atoms. The molecule has 1 nitrogen and oxygen atoms in total. The number of hydrogen-bond donors (Lipinski definition) is 1. The van der Waals surface area contributed by atoms with Gasteiger partial charge >= 0.3 is 0 Å². The molecule has 0 aliphatic carbocycles. The zero-order valence-electron chi connectivity index (χ0n) is 9.19. The zero-order chi connectivity index (χ0) is 11.3. The van der Waals surface area contributed by atoms with Crippen LogP contribution in [0.1, 0.15) is 26.7 Å². The van der Waals surface area contributed by atoms with E-state index >= 15 is 0 Å². The van der Waals surface area contributed by atoms with Crippen LogP contribution in [-0.4, -0.2) is 6.54 Å². The Morgan fingerprint density at radius 1 is 1.40 bits per heavy atom. The molecule has 0 saturated heterocycles. The van der Waals surface area contributed by atoms with Gasteiger partial charge in [-0.1, -0.05) is 29.8 Å². The van der Waals surface area contributed by atoms with Crippen LogP contribution in [0.2, 0.25) is 0 Å². The first-order valence-electron chi connectivity index (χ1n) is 5.28. The normalized spacial score (nSPS) is 10.7. The van der Waals surface area contributed by atoms with Crippen LogP contribution in [0.3, 0.4) is 0 Å². The summed E-state index contributed by atoms with van der Waals surface area (Å²) in [5.41, 5.74) is 0.585. The average Bonchev–Trinajstić information content (AvgIpc) is 2.14. The highest BCUT2D eigenvalue weighted by atomic mass is 79.9. The van der Waals surface area contributed by atoms with Crippen molar-refractivity contribution in [2.75, 3.05) is 11.9 Å². The van der Waals surface area contributed by atoms with Crippen LogP contribution in [-0.2, 0) is 0 Å². The van der Waals surface area contributed by atoms with Gasteiger partial charge in [-0.3, -0.25) is 0 Å². The Labute approximate surface area is 99.2 Å². The molecule has 1 N–H and O–H groups in total. The number of hydrogen-bond acceptors (Lipinski definition) is 1. The largest absolute Gasteiger partial charge is 0.383 e. The van der Waals surface area contributed by atoms with Gasteiger partial charge in [0.05, 0.1) is 5.69 Å². The molecule has 0 unspecified atom stereocenters. The topological polar surface area (TPSA) is 12.0 Å². The molecule has 1 aromatic rings. The summed E-state index contributed by atoms with van der Waals surface area (Å²) in [5, 5.41) is 3.10. The lowest BCUT2D eigenvalue weighted by atomic mass is 10.1. The van der Waals surface area contributed by atoms with Crippen LogP contribution in [0.4, 0.5) is 10.1 Å². The van der Waals surface area contributed by atoms with Crippen molar-refractivity contribution in [3.05, 3.63) is 28.5 Å². The van der Waals surface area contributed by atoms with Crippen molar-refractivity contribution >= 4 is 21.6 Å². The van der Waals surface area contributed by atoms with Gasteiger partial charge in [0.15, 0.2) is 0 Å². The number of rotatable bonds is 5. The first kappa shape index (κ1) is 12.5. The lowest BCUT2D eigenvalue weighted by Gasteiger charge is -2.08. The summed E-state index contributed by atoms with van der Waals surface area (Å²) in [6.07, 6.45) is 2.25. The quantitative estimate of drug-likeness (QED) is 0.783. The van der Waals surface area contributed by atoms with Crippen molar-refractivity contribution in [3.8, 4) is 0 Å². The average molecular weight is 274 g/mol. The molecule has 0 radical (unpaired) electrons. The lowest BCUT2D eigenvalue weighted by molar-refractivity contribution is 0.565. The van der Waals surface area contributed by atoms with Crippen molar-refractivity contribution in [1.82, 2.24) is 0 Å². The van der Waals surface area contributed by atoms with E-state index in [0.29, 0.717) is 11.6 Å². The minimum atomic E-state index is -0.200. The Morgan fingerprint density at radius 3 is 2.73 bits per heavy atom. The molecule has 0 heterocycles. The first-order valence-corrected chi connectivity index (χ1v) is 6.08. The van der Waals surface area contributed by atoms with E-state index in [-0.39, 0.29) is 5.82 Å². The molecule has 0 bridgehead atoms. The smallest absolute Gasteiger partial charge is 0.147 e. The third-order valence-corrected chi connectivity index (χ3v) is 2.70. The molecule has 0 aromatic heterocycles. The van der Waals surface area contributed by atoms with E-state index in [0.717, 1.165) is 17.4 Å². The second kappa shape index (κ2) is 6.11. The predicted octanol–water partition coefficient (Wildman–Crippen LogP) is 4.44. The van der Waals surface area contributed by atoms with Crippen molar-refractivity contribution in [1.29, 1.82) is 0 Å². The Hall–Kier alpha value is -0.570. The molecule has 0 aliphatic rings. The number of nitrogens with one attached hydrogen (secondary N) is 1. The Kier molecular flexibility index (Phi) is 5.09. The van der Waals surface area contributed by atoms with Crippen LogP contribution >= 0.6 is 15.9 Å². The standard InChI is InChI=1S/C12H17BrFN/c1-9(2)4-3-7-15-12-6-5-10(13)8-11(12)14/h5-6,8-9,15H,3-4,7H2,1-2H3. The maximum absolute atomic E-state index is 13.3. The van der Waals surface area contributed by atoms with Crippen LogP contribution in [0, 0.1) is 11.7 Å². The van der Waals surface area contributed by atoms with E-state index in [1.165, 1.54) is 12.5 Å². The summed E-state index contributed by atoms with van der Waals surface area (Å²) in [7, 11) is 0. The van der Waals surface area contributed by atoms with Gasteiger partial charge in [0.1, 0.15) is 5.82 Å². The van der Waals surface area contributed by atoms with Gasteiger partial charge in [-0.25, -0.2) is 4.39 Å². The lowest BCUT2D eigenvalue weighted by Crippen LogP contribution is -2.04. The maximum atomic E-state index is 13.3. The summed E-state index contributed by atoms with van der Waals surface area (Å²) in [6.45, 7) is 5.22. The highest BCUT2D eigenvalue weighted by Crippen LogP contribution is 2.19. The Morgan fingerprint density at radius 2 is 2.13 bits per heavy atom. The van der Waals surface area contributed by atoms with E-state index in [4.69, 9.17) is 0 Å². The first-order chi connectivity index (χ1) is 7.09.